The highest BCUT2D eigenvalue weighted by molar-refractivity contribution is 5.45. The molecule has 1 nitrogen and oxygen atoms in total. The lowest BCUT2D eigenvalue weighted by atomic mass is 9.65. The number of halogens is 1. The van der Waals surface area contributed by atoms with E-state index in [4.69, 9.17) is 4.74 Å². The van der Waals surface area contributed by atoms with Crippen molar-refractivity contribution in [3.63, 3.8) is 0 Å². The molecule has 0 amide bonds. The minimum absolute atomic E-state index is 0.190. The van der Waals surface area contributed by atoms with Crippen molar-refractivity contribution in [1.82, 2.24) is 0 Å². The lowest BCUT2D eigenvalue weighted by Gasteiger charge is -2.42. The Hall–Kier alpha value is -2.11. The first-order valence-electron chi connectivity index (χ1n) is 11.1. The van der Waals surface area contributed by atoms with Crippen LogP contribution in [-0.4, -0.2) is 12.7 Å². The van der Waals surface area contributed by atoms with E-state index < -0.39 is 0 Å². The molecule has 0 heterocycles. The molecule has 0 aromatic heterocycles. The summed E-state index contributed by atoms with van der Waals surface area (Å²) in [5.74, 6) is 7.93. The summed E-state index contributed by atoms with van der Waals surface area (Å²) in [5.41, 5.74) is 3.75. The second-order valence-corrected chi connectivity index (χ2v) is 8.78. The van der Waals surface area contributed by atoms with Crippen molar-refractivity contribution in [2.45, 2.75) is 64.4 Å². The highest BCUT2D eigenvalue weighted by atomic mass is 19.1. The maximum Gasteiger partial charge on any atom is 0.139 e. The predicted molar refractivity (Wildman–Crippen MR) is 116 cm³/mol. The first-order valence-corrected chi connectivity index (χ1v) is 11.1. The highest BCUT2D eigenvalue weighted by Crippen LogP contribution is 2.46. The molecule has 2 aromatic carbocycles. The van der Waals surface area contributed by atoms with Gasteiger partial charge in [0.15, 0.2) is 0 Å². The quantitative estimate of drug-likeness (QED) is 0.535. The van der Waals surface area contributed by atoms with Crippen LogP contribution in [0, 0.1) is 36.4 Å². The van der Waals surface area contributed by atoms with Gasteiger partial charge in [-0.05, 0) is 100.0 Å². The number of fused-ring (bicyclic) bond motifs is 1. The summed E-state index contributed by atoms with van der Waals surface area (Å²) in [6.07, 6.45) is 7.72. The van der Waals surface area contributed by atoms with Gasteiger partial charge in [-0.25, -0.2) is 4.39 Å². The monoisotopic (exact) mass is 390 g/mol. The van der Waals surface area contributed by atoms with Gasteiger partial charge in [0, 0.05) is 12.2 Å². The summed E-state index contributed by atoms with van der Waals surface area (Å²) in [6.45, 7) is 4.96. The van der Waals surface area contributed by atoms with Crippen molar-refractivity contribution >= 4 is 0 Å². The van der Waals surface area contributed by atoms with E-state index in [1.54, 1.807) is 6.07 Å². The second-order valence-electron chi connectivity index (χ2n) is 8.78. The molecule has 152 valence electrons. The van der Waals surface area contributed by atoms with Gasteiger partial charge >= 0.3 is 0 Å². The van der Waals surface area contributed by atoms with Crippen molar-refractivity contribution in [3.05, 3.63) is 70.5 Å². The molecule has 0 aliphatic heterocycles. The SMILES string of the molecule is CCOC1CCC2CC(c3ccc(C#Cc4ccc(C)cc4)c(F)c3)CCC2C1. The fourth-order valence-corrected chi connectivity index (χ4v) is 5.20. The fourth-order valence-electron chi connectivity index (χ4n) is 5.20. The summed E-state index contributed by atoms with van der Waals surface area (Å²) in [5, 5.41) is 0. The van der Waals surface area contributed by atoms with Crippen LogP contribution in [0.2, 0.25) is 0 Å². The molecule has 2 aromatic rings. The molecule has 2 aliphatic rings. The van der Waals surface area contributed by atoms with Crippen molar-refractivity contribution < 1.29 is 9.13 Å². The largest absolute Gasteiger partial charge is 0.378 e. The lowest BCUT2D eigenvalue weighted by molar-refractivity contribution is -0.00956. The van der Waals surface area contributed by atoms with E-state index in [1.165, 1.54) is 37.7 Å². The fraction of sp³-hybridized carbons (Fsp3) is 0.481. The first-order chi connectivity index (χ1) is 14.1. The van der Waals surface area contributed by atoms with Gasteiger partial charge < -0.3 is 4.74 Å². The Morgan fingerprint density at radius 1 is 0.931 bits per heavy atom. The van der Waals surface area contributed by atoms with Gasteiger partial charge in [0.25, 0.3) is 0 Å². The normalized spacial score (nSPS) is 26.3. The molecule has 0 spiro atoms. The molecule has 0 N–H and O–H groups in total. The van der Waals surface area contributed by atoms with Crippen molar-refractivity contribution in [3.8, 4) is 11.8 Å². The zero-order valence-corrected chi connectivity index (χ0v) is 17.6. The molecule has 4 atom stereocenters. The lowest BCUT2D eigenvalue weighted by Crippen LogP contribution is -2.33. The number of hydrogen-bond acceptors (Lipinski definition) is 1. The van der Waals surface area contributed by atoms with E-state index in [9.17, 15) is 4.39 Å². The summed E-state index contributed by atoms with van der Waals surface area (Å²) in [6, 6.07) is 13.7. The third kappa shape index (κ3) is 4.90. The molecule has 29 heavy (non-hydrogen) atoms. The summed E-state index contributed by atoms with van der Waals surface area (Å²) in [4.78, 5) is 0. The third-order valence-electron chi connectivity index (χ3n) is 6.82. The van der Waals surface area contributed by atoms with E-state index in [0.29, 0.717) is 17.6 Å². The Morgan fingerprint density at radius 2 is 1.69 bits per heavy atom. The molecular weight excluding hydrogens is 359 g/mol. The Labute approximate surface area is 174 Å². The van der Waals surface area contributed by atoms with Crippen molar-refractivity contribution in [2.75, 3.05) is 6.61 Å². The minimum atomic E-state index is -0.190. The number of ether oxygens (including phenoxy) is 1. The van der Waals surface area contributed by atoms with Gasteiger partial charge in [0.1, 0.15) is 5.82 Å². The molecule has 4 rings (SSSR count). The molecular formula is C27H31FO. The summed E-state index contributed by atoms with van der Waals surface area (Å²) in [7, 11) is 0. The van der Waals surface area contributed by atoms with Crippen LogP contribution in [0.1, 0.15) is 73.6 Å². The van der Waals surface area contributed by atoms with Gasteiger partial charge in [-0.15, -0.1) is 0 Å². The molecule has 0 saturated heterocycles. The molecule has 4 unspecified atom stereocenters. The molecule has 2 saturated carbocycles. The standard InChI is InChI=1S/C27H31FO/c1-3-29-26-15-14-23-16-22(12-13-24(23)17-26)25-11-10-21(27(28)18-25)9-8-20-6-4-19(2)5-7-20/h4-7,10-11,18,22-24,26H,3,12-17H2,1-2H3. The smallest absolute Gasteiger partial charge is 0.139 e. The Balaban J connectivity index is 1.42. The van der Waals surface area contributed by atoms with Crippen LogP contribution in [0.4, 0.5) is 4.39 Å². The number of rotatable bonds is 3. The average molecular weight is 391 g/mol. The van der Waals surface area contributed by atoms with Gasteiger partial charge in [-0.3, -0.25) is 0 Å². The Bertz CT molecular complexity index is 889. The van der Waals surface area contributed by atoms with Gasteiger partial charge in [-0.2, -0.15) is 0 Å². The van der Waals surface area contributed by atoms with Crippen LogP contribution in [-0.2, 0) is 4.74 Å². The first kappa shape index (κ1) is 20.2. The van der Waals surface area contributed by atoms with E-state index >= 15 is 0 Å². The topological polar surface area (TPSA) is 9.23 Å². The predicted octanol–water partition coefficient (Wildman–Crippen LogP) is 6.62. The van der Waals surface area contributed by atoms with E-state index in [2.05, 4.69) is 24.8 Å². The Kier molecular flexibility index (Phi) is 6.36. The zero-order chi connectivity index (χ0) is 20.2. The molecule has 0 bridgehead atoms. The minimum Gasteiger partial charge on any atom is -0.378 e. The molecule has 2 aliphatic carbocycles. The average Bonchev–Trinajstić information content (AvgIpc) is 2.74. The number of aryl methyl sites for hydroxylation is 1. The van der Waals surface area contributed by atoms with Crippen LogP contribution in [0.15, 0.2) is 42.5 Å². The summed E-state index contributed by atoms with van der Waals surface area (Å²) < 4.78 is 20.6. The number of benzene rings is 2. The second kappa shape index (κ2) is 9.14. The number of hydrogen-bond donors (Lipinski definition) is 0. The van der Waals surface area contributed by atoms with E-state index in [0.717, 1.165) is 36.0 Å². The highest BCUT2D eigenvalue weighted by Gasteiger charge is 2.36. The van der Waals surface area contributed by atoms with Crippen LogP contribution < -0.4 is 0 Å². The molecule has 2 fully saturated rings. The summed E-state index contributed by atoms with van der Waals surface area (Å²) >= 11 is 0. The maximum atomic E-state index is 14.7. The third-order valence-corrected chi connectivity index (χ3v) is 6.82. The van der Waals surface area contributed by atoms with Crippen LogP contribution in [0.3, 0.4) is 0 Å². The van der Waals surface area contributed by atoms with Gasteiger partial charge in [0.05, 0.1) is 11.7 Å². The van der Waals surface area contributed by atoms with E-state index in [-0.39, 0.29) is 5.82 Å². The van der Waals surface area contributed by atoms with Crippen LogP contribution in [0.25, 0.3) is 0 Å². The zero-order valence-electron chi connectivity index (χ0n) is 17.6. The van der Waals surface area contributed by atoms with Gasteiger partial charge in [0.2, 0.25) is 0 Å². The molecule has 2 heteroatoms. The molecule has 0 radical (unpaired) electrons. The van der Waals surface area contributed by atoms with Crippen molar-refractivity contribution in [2.24, 2.45) is 11.8 Å². The van der Waals surface area contributed by atoms with Crippen LogP contribution >= 0.6 is 0 Å². The van der Waals surface area contributed by atoms with Gasteiger partial charge in [-0.1, -0.05) is 35.6 Å². The Morgan fingerprint density at radius 3 is 2.45 bits per heavy atom. The van der Waals surface area contributed by atoms with Crippen LogP contribution in [0.5, 0.6) is 0 Å². The maximum absolute atomic E-state index is 14.7. The van der Waals surface area contributed by atoms with Crippen molar-refractivity contribution in [1.29, 1.82) is 0 Å². The van der Waals surface area contributed by atoms with E-state index in [1.807, 2.05) is 37.3 Å².